The summed E-state index contributed by atoms with van der Waals surface area (Å²) in [5, 5.41) is 9.45. The maximum absolute atomic E-state index is 13.9. The molecule has 2 aromatic rings. The lowest BCUT2D eigenvalue weighted by Gasteiger charge is -2.38. The van der Waals surface area contributed by atoms with Gasteiger partial charge in [0.2, 0.25) is 11.8 Å². The van der Waals surface area contributed by atoms with Crippen molar-refractivity contribution in [2.45, 2.75) is 84.8 Å². The number of aliphatic carboxylic acids is 1. The molecule has 1 heterocycles. The van der Waals surface area contributed by atoms with Crippen LogP contribution >= 0.6 is 11.8 Å². The van der Waals surface area contributed by atoms with E-state index in [1.165, 1.54) is 11.8 Å². The molecule has 5 rings (SSSR count). The van der Waals surface area contributed by atoms with Crippen LogP contribution in [-0.4, -0.2) is 62.9 Å². The lowest BCUT2D eigenvalue weighted by atomic mass is 9.69. The molecule has 2 aliphatic carbocycles. The number of anilines is 2. The molecule has 0 amide bonds. The number of rotatable bonds is 10. The number of carboxylic acid groups (broad SMARTS) is 1. The second-order valence-corrected chi connectivity index (χ2v) is 14.4. The molecule has 6 nitrogen and oxygen atoms in total. The maximum atomic E-state index is 13.9. The zero-order chi connectivity index (χ0) is 29.6. The van der Waals surface area contributed by atoms with Crippen LogP contribution in [-0.2, 0) is 15.8 Å². The van der Waals surface area contributed by atoms with E-state index in [4.69, 9.17) is 4.74 Å². The molecule has 2 unspecified atom stereocenters. The van der Waals surface area contributed by atoms with Crippen LogP contribution in [0.5, 0.6) is 5.75 Å². The zero-order valence-corrected chi connectivity index (χ0v) is 24.6. The van der Waals surface area contributed by atoms with Gasteiger partial charge < -0.3 is 14.7 Å². The second-order valence-electron chi connectivity index (χ2n) is 11.5. The Hall–Kier alpha value is -2.31. The molecule has 2 atom stereocenters. The van der Waals surface area contributed by atoms with Gasteiger partial charge in [0.05, 0.1) is 15.5 Å². The minimum Gasteiger partial charge on any atom is -0.491 e. The third-order valence-electron chi connectivity index (χ3n) is 8.27. The molecule has 2 aromatic carbocycles. The topological polar surface area (TPSA) is 70.1 Å². The Morgan fingerprint density at radius 2 is 1.88 bits per heavy atom. The fraction of sp³-hybridized carbons (Fsp3) is 0.552. The van der Waals surface area contributed by atoms with Gasteiger partial charge in [-0.3, -0.25) is 4.79 Å². The largest absolute Gasteiger partial charge is 0.491 e. The molecule has 0 radical (unpaired) electrons. The van der Waals surface area contributed by atoms with Crippen molar-refractivity contribution in [3.05, 3.63) is 42.5 Å². The summed E-state index contributed by atoms with van der Waals surface area (Å²) in [7, 11) is -0.123. The summed E-state index contributed by atoms with van der Waals surface area (Å²) in [4.78, 5) is 14.9. The lowest BCUT2D eigenvalue weighted by molar-refractivity contribution is -0.157. The average molecular weight is 615 g/mol. The van der Waals surface area contributed by atoms with Gasteiger partial charge in [0, 0.05) is 55.9 Å². The number of hydrogen-bond acceptors (Lipinski definition) is 5. The monoisotopic (exact) mass is 614 g/mol. The summed E-state index contributed by atoms with van der Waals surface area (Å²) in [6.07, 6.45) is 0.898. The number of thioether (sulfide) groups is 1. The molecule has 2 fully saturated rings. The Morgan fingerprint density at radius 3 is 2.44 bits per heavy atom. The van der Waals surface area contributed by atoms with Gasteiger partial charge >= 0.3 is 5.97 Å². The maximum Gasteiger partial charge on any atom is 0.313 e. The van der Waals surface area contributed by atoms with Crippen LogP contribution in [0.1, 0.15) is 51.9 Å². The highest BCUT2D eigenvalue weighted by atomic mass is 32.2. The van der Waals surface area contributed by atoms with Crippen molar-refractivity contribution in [1.29, 1.82) is 0 Å². The van der Waals surface area contributed by atoms with Crippen LogP contribution in [0.3, 0.4) is 0 Å². The number of benzene rings is 2. The molecule has 12 heteroatoms. The molecule has 0 saturated heterocycles. The van der Waals surface area contributed by atoms with E-state index in [1.807, 2.05) is 35.2 Å². The van der Waals surface area contributed by atoms with Crippen molar-refractivity contribution >= 4 is 40.1 Å². The quantitative estimate of drug-likeness (QED) is 0.288. The van der Waals surface area contributed by atoms with E-state index in [-0.39, 0.29) is 44.1 Å². The summed E-state index contributed by atoms with van der Waals surface area (Å²) >= 11 is 1.25. The number of carbonyl (C=O) groups is 1. The summed E-state index contributed by atoms with van der Waals surface area (Å²) in [6.45, 7) is 1.06. The Kier molecular flexibility index (Phi) is 8.39. The first-order chi connectivity index (χ1) is 19.3. The third-order valence-corrected chi connectivity index (χ3v) is 11.0. The molecule has 0 aromatic heterocycles. The molecule has 0 spiro atoms. The SMILES string of the molecule is CN1C(CCC(C)(F)F)CN(c2ccccc2)c2cc(SC3CC(F)(F)C3)c(OCC3(C(=O)O)CCC3)cc2S1=O. The van der Waals surface area contributed by atoms with Crippen molar-refractivity contribution in [1.82, 2.24) is 4.31 Å². The first-order valence-electron chi connectivity index (χ1n) is 13.7. The van der Waals surface area contributed by atoms with Gasteiger partial charge in [-0.25, -0.2) is 26.1 Å². The fourth-order valence-electron chi connectivity index (χ4n) is 5.46. The van der Waals surface area contributed by atoms with Gasteiger partial charge in [-0.15, -0.1) is 11.8 Å². The smallest absolute Gasteiger partial charge is 0.313 e. The van der Waals surface area contributed by atoms with Crippen LogP contribution in [0.25, 0.3) is 0 Å². The van der Waals surface area contributed by atoms with Crippen molar-refractivity contribution < 1.29 is 36.4 Å². The van der Waals surface area contributed by atoms with Crippen LogP contribution in [0.4, 0.5) is 28.9 Å². The number of alkyl halides is 4. The minimum atomic E-state index is -2.88. The third kappa shape index (κ3) is 6.54. The van der Waals surface area contributed by atoms with Crippen LogP contribution in [0.2, 0.25) is 0 Å². The molecule has 1 aliphatic heterocycles. The van der Waals surface area contributed by atoms with Gasteiger partial charge in [0.15, 0.2) is 0 Å². The molecular formula is C29H34F4N2O4S2. The number of ether oxygens (including phenoxy) is 1. The number of carboxylic acids is 1. The van der Waals surface area contributed by atoms with E-state index in [9.17, 15) is 31.7 Å². The highest BCUT2D eigenvalue weighted by Gasteiger charge is 2.47. The van der Waals surface area contributed by atoms with Crippen LogP contribution in [0.15, 0.2) is 52.3 Å². The highest BCUT2D eigenvalue weighted by molar-refractivity contribution is 8.00. The molecule has 0 bridgehead atoms. The van der Waals surface area contributed by atoms with E-state index >= 15 is 0 Å². The van der Waals surface area contributed by atoms with E-state index < -0.39 is 40.3 Å². The molecule has 41 heavy (non-hydrogen) atoms. The predicted octanol–water partition coefficient (Wildman–Crippen LogP) is 7.12. The van der Waals surface area contributed by atoms with Crippen LogP contribution < -0.4 is 9.64 Å². The number of hydrogen-bond donors (Lipinski definition) is 1. The fourth-order valence-corrected chi connectivity index (χ4v) is 8.19. The Morgan fingerprint density at radius 1 is 1.20 bits per heavy atom. The lowest BCUT2D eigenvalue weighted by Crippen LogP contribution is -2.43. The number of para-hydroxylation sites is 1. The minimum absolute atomic E-state index is 0.0887. The van der Waals surface area contributed by atoms with Crippen LogP contribution in [0, 0.1) is 5.41 Å². The van der Waals surface area contributed by atoms with Crippen molar-refractivity contribution in [3.63, 3.8) is 0 Å². The van der Waals surface area contributed by atoms with E-state index in [1.54, 1.807) is 23.5 Å². The predicted molar refractivity (Wildman–Crippen MR) is 151 cm³/mol. The average Bonchev–Trinajstić information content (AvgIpc) is 2.95. The van der Waals surface area contributed by atoms with Gasteiger partial charge in [0.25, 0.3) is 0 Å². The summed E-state index contributed by atoms with van der Waals surface area (Å²) in [6, 6.07) is 12.2. The molecular weight excluding hydrogens is 580 g/mol. The molecule has 224 valence electrons. The first kappa shape index (κ1) is 30.2. The first-order valence-corrected chi connectivity index (χ1v) is 15.7. The van der Waals surface area contributed by atoms with Crippen molar-refractivity contribution in [2.24, 2.45) is 5.41 Å². The second kappa shape index (κ2) is 11.4. The van der Waals surface area contributed by atoms with E-state index in [0.29, 0.717) is 34.1 Å². The Labute approximate surface area is 244 Å². The van der Waals surface area contributed by atoms with Crippen molar-refractivity contribution in [3.8, 4) is 5.75 Å². The summed E-state index contributed by atoms with van der Waals surface area (Å²) in [5.41, 5.74) is 0.332. The van der Waals surface area contributed by atoms with Crippen molar-refractivity contribution in [2.75, 3.05) is 25.1 Å². The number of nitrogens with zero attached hydrogens (tertiary/aromatic N) is 2. The number of fused-ring (bicyclic) bond motifs is 1. The summed E-state index contributed by atoms with van der Waals surface area (Å²) in [5.74, 6) is -6.25. The molecule has 2 saturated carbocycles. The zero-order valence-electron chi connectivity index (χ0n) is 23.0. The standard InChI is InChI=1S/C29H34F4N2O4S2/c1-27(30,31)12-9-20-17-35(19-7-4-3-5-8-19)22-13-24(40-21-15-29(32,33)16-21)23(14-25(22)41(38)34(20)2)39-18-28(26(36)37)10-6-11-28/h3-5,7-8,13-14,20-21H,6,9-12,15-18H2,1-2H3,(H,36,37). The van der Waals surface area contributed by atoms with E-state index in [0.717, 1.165) is 19.0 Å². The normalized spacial score (nSPS) is 24.1. The number of halogens is 4. The highest BCUT2D eigenvalue weighted by Crippen LogP contribution is 2.51. The molecule has 3 aliphatic rings. The Balaban J connectivity index is 1.56. The number of likely N-dealkylation sites (N-methyl/N-ethyl adjacent to an activating group) is 1. The Bertz CT molecular complexity index is 1300. The molecule has 1 N–H and O–H groups in total. The van der Waals surface area contributed by atoms with Gasteiger partial charge in [-0.05, 0) is 44.4 Å². The van der Waals surface area contributed by atoms with Gasteiger partial charge in [-0.1, -0.05) is 24.6 Å². The van der Waals surface area contributed by atoms with Gasteiger partial charge in [-0.2, -0.15) is 0 Å². The van der Waals surface area contributed by atoms with E-state index in [2.05, 4.69) is 0 Å². The summed E-state index contributed by atoms with van der Waals surface area (Å²) < 4.78 is 76.8. The van der Waals surface area contributed by atoms with Gasteiger partial charge in [0.1, 0.15) is 28.8 Å².